The number of nitrogens with one attached hydrogen (secondary N) is 1. The minimum Gasteiger partial charge on any atom is -0.391 e. The third-order valence-electron chi connectivity index (χ3n) is 4.98. The van der Waals surface area contributed by atoms with Gasteiger partial charge in [-0.05, 0) is 36.8 Å². The smallest absolute Gasteiger partial charge is 0.224 e. The highest BCUT2D eigenvalue weighted by atomic mass is 16.3. The average Bonchev–Trinajstić information content (AvgIpc) is 2.91. The fraction of sp³-hybridized carbons (Fsp3) is 0.611. The molecule has 0 unspecified atom stereocenters. The molecule has 3 rings (SSSR count). The van der Waals surface area contributed by atoms with Crippen molar-refractivity contribution in [1.29, 1.82) is 0 Å². The van der Waals surface area contributed by atoms with Gasteiger partial charge >= 0.3 is 0 Å². The van der Waals surface area contributed by atoms with Crippen molar-refractivity contribution >= 4 is 5.91 Å². The molecule has 0 spiro atoms. The number of fused-ring (bicyclic) bond motifs is 1. The zero-order valence-electron chi connectivity index (χ0n) is 12.6. The summed E-state index contributed by atoms with van der Waals surface area (Å²) in [5.74, 6) is 0.163. The van der Waals surface area contributed by atoms with E-state index in [0.29, 0.717) is 0 Å². The SMILES string of the molecule is O=C(N[C@H]1CCCCCC[C@@H]1O)C1Cc2ccccc2C1. The number of amides is 1. The lowest BCUT2D eigenvalue weighted by Crippen LogP contribution is -2.46. The summed E-state index contributed by atoms with van der Waals surface area (Å²) in [6.07, 6.45) is 7.62. The van der Waals surface area contributed by atoms with Crippen molar-refractivity contribution in [3.05, 3.63) is 35.4 Å². The van der Waals surface area contributed by atoms with Gasteiger partial charge in [0.15, 0.2) is 0 Å². The quantitative estimate of drug-likeness (QED) is 0.878. The van der Waals surface area contributed by atoms with Crippen molar-refractivity contribution in [2.45, 2.75) is 63.5 Å². The predicted molar refractivity (Wildman–Crippen MR) is 83.0 cm³/mol. The molecule has 0 saturated heterocycles. The fourth-order valence-electron chi connectivity index (χ4n) is 3.68. The molecule has 2 aliphatic rings. The Morgan fingerprint density at radius 2 is 1.62 bits per heavy atom. The average molecular weight is 287 g/mol. The van der Waals surface area contributed by atoms with E-state index in [1.54, 1.807) is 0 Å². The minimum atomic E-state index is -0.377. The maximum Gasteiger partial charge on any atom is 0.224 e. The number of benzene rings is 1. The van der Waals surface area contributed by atoms with Crippen LogP contribution in [0.3, 0.4) is 0 Å². The Labute approximate surface area is 126 Å². The van der Waals surface area contributed by atoms with Gasteiger partial charge in [-0.25, -0.2) is 0 Å². The molecule has 0 bridgehead atoms. The van der Waals surface area contributed by atoms with Crippen molar-refractivity contribution < 1.29 is 9.90 Å². The normalized spacial score (nSPS) is 26.7. The second-order valence-corrected chi connectivity index (χ2v) is 6.55. The lowest BCUT2D eigenvalue weighted by Gasteiger charge is -2.27. The van der Waals surface area contributed by atoms with Gasteiger partial charge in [-0.3, -0.25) is 4.79 Å². The Balaban J connectivity index is 1.59. The fourth-order valence-corrected chi connectivity index (χ4v) is 3.68. The first-order valence-electron chi connectivity index (χ1n) is 8.29. The summed E-state index contributed by atoms with van der Waals surface area (Å²) in [7, 11) is 0. The van der Waals surface area contributed by atoms with Gasteiger partial charge in [-0.15, -0.1) is 0 Å². The highest BCUT2D eigenvalue weighted by Gasteiger charge is 2.30. The van der Waals surface area contributed by atoms with Gasteiger partial charge in [0.25, 0.3) is 0 Å². The van der Waals surface area contributed by atoms with Crippen LogP contribution in [-0.2, 0) is 17.6 Å². The van der Waals surface area contributed by atoms with Crippen molar-refractivity contribution in [2.75, 3.05) is 0 Å². The van der Waals surface area contributed by atoms with Gasteiger partial charge in [0.05, 0.1) is 12.1 Å². The summed E-state index contributed by atoms with van der Waals surface area (Å²) < 4.78 is 0. The van der Waals surface area contributed by atoms with E-state index >= 15 is 0 Å². The standard InChI is InChI=1S/C18H25NO2/c20-17-10-4-2-1-3-9-16(17)19-18(21)15-11-13-7-5-6-8-14(13)12-15/h5-8,15-17,20H,1-4,9-12H2,(H,19,21)/t16-,17-/m0/s1. The van der Waals surface area contributed by atoms with Crippen LogP contribution in [0.15, 0.2) is 24.3 Å². The zero-order chi connectivity index (χ0) is 14.7. The highest BCUT2D eigenvalue weighted by molar-refractivity contribution is 5.80. The van der Waals surface area contributed by atoms with Gasteiger partial charge in [0.2, 0.25) is 5.91 Å². The van der Waals surface area contributed by atoms with Crippen LogP contribution in [0.25, 0.3) is 0 Å². The number of rotatable bonds is 2. The Hall–Kier alpha value is -1.35. The number of hydrogen-bond donors (Lipinski definition) is 2. The molecular weight excluding hydrogens is 262 g/mol. The van der Waals surface area contributed by atoms with Crippen molar-refractivity contribution in [3.63, 3.8) is 0 Å². The van der Waals surface area contributed by atoms with Crippen LogP contribution in [0.2, 0.25) is 0 Å². The molecule has 2 N–H and O–H groups in total. The maximum atomic E-state index is 12.5. The number of aliphatic hydroxyl groups excluding tert-OH is 1. The second kappa shape index (κ2) is 6.61. The van der Waals surface area contributed by atoms with Crippen molar-refractivity contribution in [3.8, 4) is 0 Å². The molecule has 2 aliphatic carbocycles. The third-order valence-corrected chi connectivity index (χ3v) is 4.98. The summed E-state index contributed by atoms with van der Waals surface area (Å²) >= 11 is 0. The number of carbonyl (C=O) groups excluding carboxylic acids is 1. The Bertz CT molecular complexity index is 475. The van der Waals surface area contributed by atoms with Crippen LogP contribution in [-0.4, -0.2) is 23.2 Å². The predicted octanol–water partition coefficient (Wildman–Crippen LogP) is 2.60. The monoisotopic (exact) mass is 287 g/mol. The maximum absolute atomic E-state index is 12.5. The van der Waals surface area contributed by atoms with Gasteiger partial charge < -0.3 is 10.4 Å². The number of carbonyl (C=O) groups is 1. The van der Waals surface area contributed by atoms with Gasteiger partial charge in [-0.1, -0.05) is 49.9 Å². The van der Waals surface area contributed by atoms with Crippen LogP contribution in [0.4, 0.5) is 0 Å². The summed E-state index contributed by atoms with van der Waals surface area (Å²) in [6.45, 7) is 0. The van der Waals surface area contributed by atoms with E-state index < -0.39 is 0 Å². The molecule has 3 heteroatoms. The number of hydrogen-bond acceptors (Lipinski definition) is 2. The molecule has 0 aliphatic heterocycles. The van der Waals surface area contributed by atoms with E-state index in [9.17, 15) is 9.90 Å². The number of aliphatic hydroxyl groups is 1. The summed E-state index contributed by atoms with van der Waals surface area (Å²) in [4.78, 5) is 12.5. The largest absolute Gasteiger partial charge is 0.391 e. The molecule has 1 amide bonds. The van der Waals surface area contributed by atoms with E-state index in [1.165, 1.54) is 24.0 Å². The first-order valence-corrected chi connectivity index (χ1v) is 8.29. The lowest BCUT2D eigenvalue weighted by atomic mass is 9.93. The van der Waals surface area contributed by atoms with E-state index in [0.717, 1.165) is 38.5 Å². The molecule has 1 fully saturated rings. The summed E-state index contributed by atoms with van der Waals surface area (Å²) in [6, 6.07) is 8.26. The van der Waals surface area contributed by atoms with Crippen LogP contribution in [0.5, 0.6) is 0 Å². The molecular formula is C18H25NO2. The molecule has 1 saturated carbocycles. The van der Waals surface area contributed by atoms with E-state index in [4.69, 9.17) is 0 Å². The lowest BCUT2D eigenvalue weighted by molar-refractivity contribution is -0.126. The Kier molecular flexibility index (Phi) is 4.59. The minimum absolute atomic E-state index is 0.0417. The topological polar surface area (TPSA) is 49.3 Å². The molecule has 0 aromatic heterocycles. The molecule has 114 valence electrons. The molecule has 0 radical (unpaired) electrons. The summed E-state index contributed by atoms with van der Waals surface area (Å²) in [5, 5.41) is 13.3. The van der Waals surface area contributed by atoms with Gasteiger partial charge in [0.1, 0.15) is 0 Å². The van der Waals surface area contributed by atoms with E-state index in [1.807, 2.05) is 12.1 Å². The van der Waals surface area contributed by atoms with Gasteiger partial charge in [0, 0.05) is 5.92 Å². The van der Waals surface area contributed by atoms with Crippen LogP contribution in [0, 0.1) is 5.92 Å². The van der Waals surface area contributed by atoms with E-state index in [2.05, 4.69) is 17.4 Å². The van der Waals surface area contributed by atoms with Crippen LogP contribution >= 0.6 is 0 Å². The third kappa shape index (κ3) is 3.46. The molecule has 3 nitrogen and oxygen atoms in total. The van der Waals surface area contributed by atoms with Crippen LogP contribution < -0.4 is 5.32 Å². The second-order valence-electron chi connectivity index (χ2n) is 6.55. The molecule has 21 heavy (non-hydrogen) atoms. The van der Waals surface area contributed by atoms with Crippen molar-refractivity contribution in [1.82, 2.24) is 5.32 Å². The highest BCUT2D eigenvalue weighted by Crippen LogP contribution is 2.27. The zero-order valence-corrected chi connectivity index (χ0v) is 12.6. The molecule has 0 heterocycles. The Morgan fingerprint density at radius 3 is 2.29 bits per heavy atom. The molecule has 1 aromatic rings. The van der Waals surface area contributed by atoms with Crippen LogP contribution in [0.1, 0.15) is 49.7 Å². The first kappa shape index (κ1) is 14.6. The van der Waals surface area contributed by atoms with Crippen molar-refractivity contribution in [2.24, 2.45) is 5.92 Å². The summed E-state index contributed by atoms with van der Waals surface area (Å²) in [5.41, 5.74) is 2.60. The molecule has 2 atom stereocenters. The first-order chi connectivity index (χ1) is 10.2. The van der Waals surface area contributed by atoms with Gasteiger partial charge in [-0.2, -0.15) is 0 Å². The molecule has 1 aromatic carbocycles. The Morgan fingerprint density at radius 1 is 1.00 bits per heavy atom. The van der Waals surface area contributed by atoms with E-state index in [-0.39, 0.29) is 24.0 Å².